The number of rotatable bonds is 5. The molecule has 0 unspecified atom stereocenters. The second kappa shape index (κ2) is 8.78. The highest BCUT2D eigenvalue weighted by atomic mass is 32.2. The van der Waals surface area contributed by atoms with Crippen molar-refractivity contribution in [2.45, 2.75) is 43.8 Å². The van der Waals surface area contributed by atoms with Crippen molar-refractivity contribution >= 4 is 21.4 Å². The number of anilines is 1. The van der Waals surface area contributed by atoms with E-state index in [1.54, 1.807) is 6.07 Å². The molecule has 3 fully saturated rings. The SMILES string of the molecule is C[C@H]1CCCN(S(=O)(=O)c2ccc(N3CCC[C@@H](C4OCCO4)C3)c([N+](=O)[O-])c2)C1. The molecule has 3 heterocycles. The van der Waals surface area contributed by atoms with E-state index < -0.39 is 14.9 Å². The van der Waals surface area contributed by atoms with Gasteiger partial charge in [-0.2, -0.15) is 4.31 Å². The lowest BCUT2D eigenvalue weighted by Gasteiger charge is -2.36. The molecular formula is C20H29N3O6S. The lowest BCUT2D eigenvalue weighted by Crippen LogP contribution is -2.41. The Hall–Kier alpha value is -1.75. The van der Waals surface area contributed by atoms with Crippen molar-refractivity contribution in [3.63, 3.8) is 0 Å². The third kappa shape index (κ3) is 4.32. The second-order valence-corrected chi connectivity index (χ2v) is 10.4. The Morgan fingerprint density at radius 2 is 1.83 bits per heavy atom. The van der Waals surface area contributed by atoms with Gasteiger partial charge in [0.25, 0.3) is 5.69 Å². The highest BCUT2D eigenvalue weighted by Gasteiger charge is 2.35. The van der Waals surface area contributed by atoms with E-state index >= 15 is 0 Å². The number of nitro groups is 1. The molecule has 3 aliphatic heterocycles. The van der Waals surface area contributed by atoms with E-state index in [0.29, 0.717) is 45.1 Å². The molecule has 166 valence electrons. The molecule has 3 saturated heterocycles. The summed E-state index contributed by atoms with van der Waals surface area (Å²) in [6.07, 6.45) is 3.34. The van der Waals surface area contributed by atoms with Gasteiger partial charge in [0.2, 0.25) is 10.0 Å². The van der Waals surface area contributed by atoms with Crippen LogP contribution in [0.25, 0.3) is 0 Å². The number of hydrogen-bond donors (Lipinski definition) is 0. The minimum Gasteiger partial charge on any atom is -0.366 e. The molecule has 3 aliphatic rings. The van der Waals surface area contributed by atoms with Gasteiger partial charge in [0, 0.05) is 38.2 Å². The van der Waals surface area contributed by atoms with Crippen molar-refractivity contribution < 1.29 is 22.8 Å². The van der Waals surface area contributed by atoms with E-state index in [-0.39, 0.29) is 28.7 Å². The third-order valence-corrected chi connectivity index (χ3v) is 8.09. The zero-order valence-corrected chi connectivity index (χ0v) is 18.1. The van der Waals surface area contributed by atoms with E-state index in [1.807, 2.05) is 11.8 Å². The molecule has 0 radical (unpaired) electrons. The van der Waals surface area contributed by atoms with Crippen LogP contribution < -0.4 is 4.90 Å². The second-order valence-electron chi connectivity index (χ2n) is 8.48. The summed E-state index contributed by atoms with van der Waals surface area (Å²) in [6.45, 7) is 5.34. The molecule has 1 aromatic rings. The van der Waals surface area contributed by atoms with Crippen LogP contribution in [0, 0.1) is 22.0 Å². The Kier molecular flexibility index (Phi) is 6.29. The molecular weight excluding hydrogens is 410 g/mol. The predicted molar refractivity (Wildman–Crippen MR) is 111 cm³/mol. The number of benzene rings is 1. The molecule has 10 heteroatoms. The standard InChI is InChI=1S/C20H29N3O6S/c1-15-4-2-9-22(13-15)30(26,27)17-6-7-18(19(12-17)23(24)25)21-8-3-5-16(14-21)20-28-10-11-29-20/h6-7,12,15-16,20H,2-5,8-11,13-14H2,1H3/t15-,16+/m0/s1. The Morgan fingerprint density at radius 3 is 2.53 bits per heavy atom. The van der Waals surface area contributed by atoms with E-state index in [1.165, 1.54) is 16.4 Å². The topological polar surface area (TPSA) is 102 Å². The van der Waals surface area contributed by atoms with Gasteiger partial charge >= 0.3 is 0 Å². The van der Waals surface area contributed by atoms with Crippen LogP contribution in [0.1, 0.15) is 32.6 Å². The minimum atomic E-state index is -3.75. The zero-order valence-electron chi connectivity index (χ0n) is 17.2. The maximum absolute atomic E-state index is 13.1. The van der Waals surface area contributed by atoms with Crippen LogP contribution in [-0.2, 0) is 19.5 Å². The van der Waals surface area contributed by atoms with Crippen molar-refractivity contribution in [2.75, 3.05) is 44.3 Å². The summed E-state index contributed by atoms with van der Waals surface area (Å²) < 4.78 is 38.9. The fourth-order valence-corrected chi connectivity index (χ4v) is 6.31. The predicted octanol–water partition coefficient (Wildman–Crippen LogP) is 2.60. The highest BCUT2D eigenvalue weighted by Crippen LogP contribution is 2.36. The number of piperidine rings is 2. The third-order valence-electron chi connectivity index (χ3n) is 6.23. The van der Waals surface area contributed by atoms with Gasteiger partial charge in [-0.25, -0.2) is 8.42 Å². The Morgan fingerprint density at radius 1 is 1.10 bits per heavy atom. The number of nitro benzene ring substituents is 1. The van der Waals surface area contributed by atoms with Gasteiger partial charge in [-0.3, -0.25) is 10.1 Å². The van der Waals surface area contributed by atoms with Gasteiger partial charge in [0.15, 0.2) is 6.29 Å². The summed E-state index contributed by atoms with van der Waals surface area (Å²) in [5, 5.41) is 11.8. The molecule has 2 atom stereocenters. The highest BCUT2D eigenvalue weighted by molar-refractivity contribution is 7.89. The van der Waals surface area contributed by atoms with Crippen LogP contribution in [0.5, 0.6) is 0 Å². The Balaban J connectivity index is 1.60. The monoisotopic (exact) mass is 439 g/mol. The van der Waals surface area contributed by atoms with E-state index in [0.717, 1.165) is 25.7 Å². The first kappa shape index (κ1) is 21.5. The lowest BCUT2D eigenvalue weighted by atomic mass is 9.96. The minimum absolute atomic E-state index is 0.0110. The Bertz CT molecular complexity index is 887. The van der Waals surface area contributed by atoms with Crippen LogP contribution in [0.15, 0.2) is 23.1 Å². The summed E-state index contributed by atoms with van der Waals surface area (Å²) in [5.41, 5.74) is 0.281. The van der Waals surface area contributed by atoms with Crippen molar-refractivity contribution in [3.8, 4) is 0 Å². The molecule has 0 N–H and O–H groups in total. The summed E-state index contributed by atoms with van der Waals surface area (Å²) in [5.74, 6) is 0.423. The number of ether oxygens (including phenoxy) is 2. The van der Waals surface area contributed by atoms with Gasteiger partial charge < -0.3 is 14.4 Å². The van der Waals surface area contributed by atoms with Crippen molar-refractivity contribution in [3.05, 3.63) is 28.3 Å². The molecule has 9 nitrogen and oxygen atoms in total. The largest absolute Gasteiger partial charge is 0.366 e. The average molecular weight is 440 g/mol. The van der Waals surface area contributed by atoms with Gasteiger partial charge in [0.05, 0.1) is 23.0 Å². The van der Waals surface area contributed by atoms with Crippen LogP contribution in [0.3, 0.4) is 0 Å². The fraction of sp³-hybridized carbons (Fsp3) is 0.700. The molecule has 1 aromatic carbocycles. The van der Waals surface area contributed by atoms with Crippen LogP contribution in [0.2, 0.25) is 0 Å². The van der Waals surface area contributed by atoms with E-state index in [2.05, 4.69) is 0 Å². The van der Waals surface area contributed by atoms with Crippen molar-refractivity contribution in [1.82, 2.24) is 4.31 Å². The molecule has 0 amide bonds. The van der Waals surface area contributed by atoms with Crippen LogP contribution >= 0.6 is 0 Å². The van der Waals surface area contributed by atoms with Crippen molar-refractivity contribution in [2.24, 2.45) is 11.8 Å². The first-order valence-corrected chi connectivity index (χ1v) is 12.1. The number of hydrogen-bond acceptors (Lipinski definition) is 7. The number of sulfonamides is 1. The number of nitrogens with zero attached hydrogens (tertiary/aromatic N) is 3. The zero-order chi connectivity index (χ0) is 21.3. The molecule has 0 aliphatic carbocycles. The molecule has 0 saturated carbocycles. The summed E-state index contributed by atoms with van der Waals surface area (Å²) in [6, 6.07) is 4.30. The summed E-state index contributed by atoms with van der Waals surface area (Å²) in [7, 11) is -3.75. The van der Waals surface area contributed by atoms with Crippen LogP contribution in [-0.4, -0.2) is 63.3 Å². The maximum Gasteiger partial charge on any atom is 0.293 e. The smallest absolute Gasteiger partial charge is 0.293 e. The van der Waals surface area contributed by atoms with Gasteiger partial charge in [0.1, 0.15) is 5.69 Å². The average Bonchev–Trinajstić information content (AvgIpc) is 3.28. The summed E-state index contributed by atoms with van der Waals surface area (Å²) in [4.78, 5) is 13.3. The van der Waals surface area contributed by atoms with E-state index in [4.69, 9.17) is 9.47 Å². The maximum atomic E-state index is 13.1. The molecule has 4 rings (SSSR count). The van der Waals surface area contributed by atoms with E-state index in [9.17, 15) is 18.5 Å². The van der Waals surface area contributed by atoms with Gasteiger partial charge in [-0.15, -0.1) is 0 Å². The van der Waals surface area contributed by atoms with Gasteiger partial charge in [-0.1, -0.05) is 6.92 Å². The lowest BCUT2D eigenvalue weighted by molar-refractivity contribution is -0.384. The summed E-state index contributed by atoms with van der Waals surface area (Å²) >= 11 is 0. The molecule has 0 bridgehead atoms. The van der Waals surface area contributed by atoms with Crippen molar-refractivity contribution in [1.29, 1.82) is 0 Å². The molecule has 0 aromatic heterocycles. The molecule has 0 spiro atoms. The molecule has 30 heavy (non-hydrogen) atoms. The quantitative estimate of drug-likeness (QED) is 0.513. The van der Waals surface area contributed by atoms with Gasteiger partial charge in [-0.05, 0) is 43.7 Å². The first-order valence-electron chi connectivity index (χ1n) is 10.6. The normalized spacial score (nSPS) is 26.8. The fourth-order valence-electron chi connectivity index (χ4n) is 4.69. The first-order chi connectivity index (χ1) is 14.4. The Labute approximate surface area is 177 Å². The van der Waals surface area contributed by atoms with Crippen LogP contribution in [0.4, 0.5) is 11.4 Å².